The lowest BCUT2D eigenvalue weighted by molar-refractivity contribution is 0.122. The number of nitrogens with one attached hydrogen (secondary N) is 1. The summed E-state index contributed by atoms with van der Waals surface area (Å²) in [6, 6.07) is 15.4. The first-order valence-corrected chi connectivity index (χ1v) is 10.7. The van der Waals surface area contributed by atoms with E-state index in [2.05, 4.69) is 33.9 Å². The minimum absolute atomic E-state index is 0.0554. The van der Waals surface area contributed by atoms with Gasteiger partial charge in [-0.1, -0.05) is 24.3 Å². The molecule has 7 heteroatoms. The molecule has 2 aromatic rings. The minimum atomic E-state index is -3.38. The van der Waals surface area contributed by atoms with Crippen LogP contribution in [-0.2, 0) is 26.9 Å². The summed E-state index contributed by atoms with van der Waals surface area (Å²) in [5, 5.41) is 0. The quantitative estimate of drug-likeness (QED) is 0.748. The molecule has 1 fully saturated rings. The van der Waals surface area contributed by atoms with Crippen molar-refractivity contribution in [1.82, 2.24) is 4.72 Å². The van der Waals surface area contributed by atoms with Crippen LogP contribution in [-0.4, -0.2) is 48.4 Å². The number of methoxy groups -OCH3 is 1. The second-order valence-electron chi connectivity index (χ2n) is 6.52. The van der Waals surface area contributed by atoms with Crippen LogP contribution in [0.2, 0.25) is 0 Å². The molecule has 0 atom stereocenters. The van der Waals surface area contributed by atoms with Crippen molar-refractivity contribution >= 4 is 15.7 Å². The maximum atomic E-state index is 12.3. The summed E-state index contributed by atoms with van der Waals surface area (Å²) < 4.78 is 37.7. The van der Waals surface area contributed by atoms with Crippen LogP contribution >= 0.6 is 0 Å². The zero-order valence-corrected chi connectivity index (χ0v) is 16.4. The molecule has 1 saturated heterocycles. The van der Waals surface area contributed by atoms with E-state index in [1.807, 2.05) is 0 Å². The van der Waals surface area contributed by atoms with Crippen molar-refractivity contribution in [1.29, 1.82) is 0 Å². The van der Waals surface area contributed by atoms with Gasteiger partial charge in [0.05, 0.1) is 26.1 Å². The Balaban J connectivity index is 1.49. The first-order valence-electron chi connectivity index (χ1n) is 9.08. The topological polar surface area (TPSA) is 67.9 Å². The Hall–Kier alpha value is -2.09. The maximum Gasteiger partial charge on any atom is 0.215 e. The molecule has 6 nitrogen and oxygen atoms in total. The van der Waals surface area contributed by atoms with Crippen molar-refractivity contribution < 1.29 is 17.9 Å². The van der Waals surface area contributed by atoms with E-state index in [4.69, 9.17) is 9.47 Å². The predicted octanol–water partition coefficient (Wildman–Crippen LogP) is 2.19. The Labute approximate surface area is 161 Å². The van der Waals surface area contributed by atoms with Crippen molar-refractivity contribution in [2.45, 2.75) is 12.2 Å². The van der Waals surface area contributed by atoms with Gasteiger partial charge in [0.1, 0.15) is 5.75 Å². The van der Waals surface area contributed by atoms with Gasteiger partial charge < -0.3 is 14.4 Å². The van der Waals surface area contributed by atoms with Crippen molar-refractivity contribution in [3.63, 3.8) is 0 Å². The highest BCUT2D eigenvalue weighted by atomic mass is 32.2. The van der Waals surface area contributed by atoms with Crippen LogP contribution in [0.15, 0.2) is 48.5 Å². The van der Waals surface area contributed by atoms with Crippen LogP contribution in [0.5, 0.6) is 5.75 Å². The number of morpholine rings is 1. The minimum Gasteiger partial charge on any atom is -0.497 e. The Bertz CT molecular complexity index is 831. The molecule has 0 bridgehead atoms. The van der Waals surface area contributed by atoms with Crippen LogP contribution < -0.4 is 14.4 Å². The number of benzene rings is 2. The second-order valence-corrected chi connectivity index (χ2v) is 8.33. The molecule has 0 amide bonds. The highest BCUT2D eigenvalue weighted by Gasteiger charge is 2.13. The number of hydrogen-bond acceptors (Lipinski definition) is 5. The van der Waals surface area contributed by atoms with Crippen LogP contribution in [0.4, 0.5) is 5.69 Å². The monoisotopic (exact) mass is 390 g/mol. The van der Waals surface area contributed by atoms with E-state index in [1.165, 1.54) is 5.69 Å². The van der Waals surface area contributed by atoms with Crippen LogP contribution in [0, 0.1) is 0 Å². The van der Waals surface area contributed by atoms with Gasteiger partial charge in [0.15, 0.2) is 0 Å². The number of nitrogens with zero attached hydrogens (tertiary/aromatic N) is 1. The SMILES string of the molecule is COc1cccc(CS(=O)(=O)NCCc2ccc(N3CCOCC3)cc2)c1. The largest absolute Gasteiger partial charge is 0.497 e. The zero-order chi connectivity index (χ0) is 19.1. The predicted molar refractivity (Wildman–Crippen MR) is 107 cm³/mol. The van der Waals surface area contributed by atoms with Crippen LogP contribution in [0.3, 0.4) is 0 Å². The number of ether oxygens (including phenoxy) is 2. The Morgan fingerprint density at radius 3 is 2.52 bits per heavy atom. The summed E-state index contributed by atoms with van der Waals surface area (Å²) >= 11 is 0. The zero-order valence-electron chi connectivity index (χ0n) is 15.6. The first-order chi connectivity index (χ1) is 13.1. The third kappa shape index (κ3) is 5.95. The molecule has 0 saturated carbocycles. The smallest absolute Gasteiger partial charge is 0.215 e. The molecule has 0 aliphatic carbocycles. The molecule has 146 valence electrons. The van der Waals surface area contributed by atoms with Gasteiger partial charge in [-0.25, -0.2) is 13.1 Å². The third-order valence-electron chi connectivity index (χ3n) is 4.54. The molecule has 0 radical (unpaired) electrons. The molecular weight excluding hydrogens is 364 g/mol. The average Bonchev–Trinajstić information content (AvgIpc) is 2.69. The summed E-state index contributed by atoms with van der Waals surface area (Å²) in [6.45, 7) is 3.71. The Morgan fingerprint density at radius 1 is 1.07 bits per heavy atom. The van der Waals surface area contributed by atoms with E-state index in [1.54, 1.807) is 31.4 Å². The summed E-state index contributed by atoms with van der Waals surface area (Å²) in [7, 11) is -1.82. The van der Waals surface area contributed by atoms with E-state index in [-0.39, 0.29) is 5.75 Å². The lowest BCUT2D eigenvalue weighted by Gasteiger charge is -2.28. The van der Waals surface area contributed by atoms with Gasteiger partial charge >= 0.3 is 0 Å². The first kappa shape index (κ1) is 19.7. The number of hydrogen-bond donors (Lipinski definition) is 1. The molecule has 1 aliphatic rings. The fourth-order valence-corrected chi connectivity index (χ4v) is 4.21. The standard InChI is InChI=1S/C20H26N2O4S/c1-25-20-4-2-3-18(15-20)16-27(23,24)21-10-9-17-5-7-19(8-6-17)22-11-13-26-14-12-22/h2-8,15,21H,9-14,16H2,1H3. The average molecular weight is 391 g/mol. The van der Waals surface area contributed by atoms with E-state index in [0.717, 1.165) is 31.9 Å². The van der Waals surface area contributed by atoms with Gasteiger partial charge in [0, 0.05) is 25.3 Å². The molecule has 0 unspecified atom stereocenters. The lowest BCUT2D eigenvalue weighted by Crippen LogP contribution is -2.36. The second kappa shape index (κ2) is 9.21. The molecule has 1 aliphatic heterocycles. The van der Waals surface area contributed by atoms with Crippen molar-refractivity contribution in [3.8, 4) is 5.75 Å². The van der Waals surface area contributed by atoms with Crippen LogP contribution in [0.25, 0.3) is 0 Å². The molecule has 0 spiro atoms. The summed E-state index contributed by atoms with van der Waals surface area (Å²) in [5.41, 5.74) is 2.99. The van der Waals surface area contributed by atoms with Gasteiger partial charge in [-0.05, 0) is 41.8 Å². The van der Waals surface area contributed by atoms with Gasteiger partial charge in [0.25, 0.3) is 0 Å². The fraction of sp³-hybridized carbons (Fsp3) is 0.400. The lowest BCUT2D eigenvalue weighted by atomic mass is 10.1. The van der Waals surface area contributed by atoms with Gasteiger partial charge in [-0.15, -0.1) is 0 Å². The number of anilines is 1. The molecule has 3 rings (SSSR count). The molecule has 2 aromatic carbocycles. The van der Waals surface area contributed by atoms with E-state index < -0.39 is 10.0 Å². The van der Waals surface area contributed by atoms with Gasteiger partial charge in [-0.3, -0.25) is 0 Å². The molecule has 0 aromatic heterocycles. The molecule has 27 heavy (non-hydrogen) atoms. The fourth-order valence-electron chi connectivity index (χ4n) is 3.08. The third-order valence-corrected chi connectivity index (χ3v) is 5.90. The summed E-state index contributed by atoms with van der Waals surface area (Å²) in [4.78, 5) is 2.30. The highest BCUT2D eigenvalue weighted by Crippen LogP contribution is 2.17. The van der Waals surface area contributed by atoms with Crippen molar-refractivity contribution in [2.24, 2.45) is 0 Å². The van der Waals surface area contributed by atoms with Crippen molar-refractivity contribution in [3.05, 3.63) is 59.7 Å². The van der Waals surface area contributed by atoms with E-state index in [0.29, 0.717) is 24.3 Å². The number of sulfonamides is 1. The summed E-state index contributed by atoms with van der Waals surface area (Å²) in [6.07, 6.45) is 0.654. The van der Waals surface area contributed by atoms with E-state index >= 15 is 0 Å². The maximum absolute atomic E-state index is 12.3. The van der Waals surface area contributed by atoms with Crippen LogP contribution in [0.1, 0.15) is 11.1 Å². The molecular formula is C20H26N2O4S. The van der Waals surface area contributed by atoms with Crippen molar-refractivity contribution in [2.75, 3.05) is 44.9 Å². The normalized spacial score (nSPS) is 14.9. The van der Waals surface area contributed by atoms with Gasteiger partial charge in [-0.2, -0.15) is 0 Å². The highest BCUT2D eigenvalue weighted by molar-refractivity contribution is 7.88. The number of rotatable bonds is 8. The summed E-state index contributed by atoms with van der Waals surface area (Å²) in [5.74, 6) is 0.600. The molecule has 1 N–H and O–H groups in total. The Morgan fingerprint density at radius 2 is 1.81 bits per heavy atom. The molecule has 1 heterocycles. The van der Waals surface area contributed by atoms with E-state index in [9.17, 15) is 8.42 Å². The van der Waals surface area contributed by atoms with Gasteiger partial charge in [0.2, 0.25) is 10.0 Å². The Kier molecular flexibility index (Phi) is 6.71.